The van der Waals surface area contributed by atoms with Crippen LogP contribution in [0.4, 0.5) is 0 Å². The smallest absolute Gasteiger partial charge is 0.223 e. The number of aliphatic hydroxyl groups is 1. The summed E-state index contributed by atoms with van der Waals surface area (Å²) < 4.78 is 6.06. The van der Waals surface area contributed by atoms with Crippen molar-refractivity contribution in [3.05, 3.63) is 28.2 Å². The first kappa shape index (κ1) is 13.4. The monoisotopic (exact) mass is 313 g/mol. The second-order valence-electron chi connectivity index (χ2n) is 4.42. The molecule has 0 aromatic heterocycles. The lowest BCUT2D eigenvalue weighted by atomic mass is 10.1. The molecule has 2 rings (SSSR count). The molecule has 1 atom stereocenters. The molecule has 0 bridgehead atoms. The van der Waals surface area contributed by atoms with Gasteiger partial charge in [0.25, 0.3) is 0 Å². The normalized spacial score (nSPS) is 16.2. The standard InChI is InChI=1S/C13H16BrNO3/c1-18-12-5-4-9(14)6-10(12)11(16)7-15-13(17)8-2-3-8/h4-6,8,11,16H,2-3,7H2,1H3,(H,15,17). The van der Waals surface area contributed by atoms with E-state index < -0.39 is 6.10 Å². The minimum Gasteiger partial charge on any atom is -0.496 e. The average Bonchev–Trinajstić information content (AvgIpc) is 3.19. The number of carbonyl (C=O) groups is 1. The lowest BCUT2D eigenvalue weighted by Gasteiger charge is -2.15. The quantitative estimate of drug-likeness (QED) is 0.874. The van der Waals surface area contributed by atoms with E-state index >= 15 is 0 Å². The zero-order valence-electron chi connectivity index (χ0n) is 10.1. The van der Waals surface area contributed by atoms with Crippen molar-refractivity contribution in [2.45, 2.75) is 18.9 Å². The van der Waals surface area contributed by atoms with E-state index in [1.54, 1.807) is 19.2 Å². The van der Waals surface area contributed by atoms with Crippen molar-refractivity contribution in [1.29, 1.82) is 0 Å². The summed E-state index contributed by atoms with van der Waals surface area (Å²) in [6.45, 7) is 0.210. The first-order valence-electron chi connectivity index (χ1n) is 5.91. The fourth-order valence-corrected chi connectivity index (χ4v) is 2.14. The Morgan fingerprint density at radius 2 is 2.33 bits per heavy atom. The summed E-state index contributed by atoms with van der Waals surface area (Å²) in [7, 11) is 1.56. The number of methoxy groups -OCH3 is 1. The highest BCUT2D eigenvalue weighted by Gasteiger charge is 2.29. The van der Waals surface area contributed by atoms with Gasteiger partial charge in [-0.2, -0.15) is 0 Å². The summed E-state index contributed by atoms with van der Waals surface area (Å²) in [6, 6.07) is 5.43. The van der Waals surface area contributed by atoms with Crippen LogP contribution in [0.25, 0.3) is 0 Å². The molecule has 0 aliphatic heterocycles. The predicted molar refractivity (Wildman–Crippen MR) is 71.4 cm³/mol. The summed E-state index contributed by atoms with van der Waals surface area (Å²) >= 11 is 3.35. The molecule has 1 aliphatic carbocycles. The van der Waals surface area contributed by atoms with Gasteiger partial charge in [0.05, 0.1) is 13.2 Å². The Morgan fingerprint density at radius 3 is 2.94 bits per heavy atom. The Hall–Kier alpha value is -1.07. The minimum atomic E-state index is -0.764. The molecular weight excluding hydrogens is 298 g/mol. The number of amides is 1. The van der Waals surface area contributed by atoms with Crippen molar-refractivity contribution in [2.75, 3.05) is 13.7 Å². The van der Waals surface area contributed by atoms with E-state index in [0.29, 0.717) is 11.3 Å². The van der Waals surface area contributed by atoms with E-state index in [0.717, 1.165) is 17.3 Å². The molecule has 0 spiro atoms. The third-order valence-electron chi connectivity index (χ3n) is 2.97. The predicted octanol–water partition coefficient (Wildman–Crippen LogP) is 2.02. The van der Waals surface area contributed by atoms with Gasteiger partial charge in [0.2, 0.25) is 5.91 Å². The Bertz CT molecular complexity index is 446. The molecule has 1 aromatic carbocycles. The van der Waals surface area contributed by atoms with E-state index in [4.69, 9.17) is 4.74 Å². The second-order valence-corrected chi connectivity index (χ2v) is 5.34. The number of ether oxygens (including phenoxy) is 1. The van der Waals surface area contributed by atoms with Crippen LogP contribution in [0, 0.1) is 5.92 Å². The van der Waals surface area contributed by atoms with Gasteiger partial charge in [0.15, 0.2) is 0 Å². The lowest BCUT2D eigenvalue weighted by molar-refractivity contribution is -0.122. The number of benzene rings is 1. The zero-order chi connectivity index (χ0) is 13.1. The van der Waals surface area contributed by atoms with Crippen LogP contribution in [-0.2, 0) is 4.79 Å². The molecule has 1 aliphatic rings. The van der Waals surface area contributed by atoms with Gasteiger partial charge in [-0.05, 0) is 31.0 Å². The molecule has 0 heterocycles. The van der Waals surface area contributed by atoms with E-state index in [-0.39, 0.29) is 18.4 Å². The first-order valence-corrected chi connectivity index (χ1v) is 6.70. The number of hydrogen-bond acceptors (Lipinski definition) is 3. The molecule has 18 heavy (non-hydrogen) atoms. The van der Waals surface area contributed by atoms with Crippen LogP contribution in [0.15, 0.2) is 22.7 Å². The average molecular weight is 314 g/mol. The molecule has 1 fully saturated rings. The number of carbonyl (C=O) groups excluding carboxylic acids is 1. The van der Waals surface area contributed by atoms with Crippen molar-refractivity contribution in [3.63, 3.8) is 0 Å². The molecule has 1 amide bonds. The highest BCUT2D eigenvalue weighted by Crippen LogP contribution is 2.30. The van der Waals surface area contributed by atoms with Crippen LogP contribution >= 0.6 is 15.9 Å². The van der Waals surface area contributed by atoms with Crippen LogP contribution < -0.4 is 10.1 Å². The van der Waals surface area contributed by atoms with E-state index in [1.807, 2.05) is 6.07 Å². The minimum absolute atomic E-state index is 0.0306. The lowest BCUT2D eigenvalue weighted by Crippen LogP contribution is -2.29. The second kappa shape index (κ2) is 5.71. The SMILES string of the molecule is COc1ccc(Br)cc1C(O)CNC(=O)C1CC1. The number of halogens is 1. The van der Waals surface area contributed by atoms with E-state index in [2.05, 4.69) is 21.2 Å². The molecular formula is C13H16BrNO3. The third-order valence-corrected chi connectivity index (χ3v) is 3.46. The fraction of sp³-hybridized carbons (Fsp3) is 0.462. The Morgan fingerprint density at radius 1 is 1.61 bits per heavy atom. The number of nitrogens with one attached hydrogen (secondary N) is 1. The number of hydrogen-bond donors (Lipinski definition) is 2. The van der Waals surface area contributed by atoms with E-state index in [9.17, 15) is 9.90 Å². The molecule has 1 unspecified atom stereocenters. The maximum atomic E-state index is 11.5. The molecule has 98 valence electrons. The summed E-state index contributed by atoms with van der Waals surface area (Å²) in [5.74, 6) is 0.802. The maximum absolute atomic E-state index is 11.5. The number of aliphatic hydroxyl groups excluding tert-OH is 1. The third kappa shape index (κ3) is 3.23. The highest BCUT2D eigenvalue weighted by atomic mass is 79.9. The van der Waals surface area contributed by atoms with Gasteiger partial charge in [0, 0.05) is 22.5 Å². The van der Waals surface area contributed by atoms with Crippen molar-refractivity contribution < 1.29 is 14.6 Å². The Labute approximate surface area is 114 Å². The van der Waals surface area contributed by atoms with Crippen LogP contribution in [0.1, 0.15) is 24.5 Å². The highest BCUT2D eigenvalue weighted by molar-refractivity contribution is 9.10. The number of rotatable bonds is 5. The molecule has 0 saturated heterocycles. The van der Waals surface area contributed by atoms with Gasteiger partial charge >= 0.3 is 0 Å². The van der Waals surface area contributed by atoms with Crippen molar-refractivity contribution in [1.82, 2.24) is 5.32 Å². The van der Waals surface area contributed by atoms with Gasteiger partial charge in [-0.25, -0.2) is 0 Å². The molecule has 5 heteroatoms. The van der Waals surface area contributed by atoms with Gasteiger partial charge in [-0.1, -0.05) is 15.9 Å². The van der Waals surface area contributed by atoms with Crippen molar-refractivity contribution in [2.24, 2.45) is 5.92 Å². The summed E-state index contributed by atoms with van der Waals surface area (Å²) in [6.07, 6.45) is 1.16. The van der Waals surface area contributed by atoms with E-state index in [1.165, 1.54) is 0 Å². The van der Waals surface area contributed by atoms with Gasteiger partial charge < -0.3 is 15.2 Å². The van der Waals surface area contributed by atoms with Gasteiger partial charge in [-0.15, -0.1) is 0 Å². The van der Waals surface area contributed by atoms with Gasteiger partial charge in [-0.3, -0.25) is 4.79 Å². The Balaban J connectivity index is 2.00. The van der Waals surface area contributed by atoms with Crippen LogP contribution in [0.3, 0.4) is 0 Å². The van der Waals surface area contributed by atoms with Crippen LogP contribution in [0.2, 0.25) is 0 Å². The van der Waals surface area contributed by atoms with Crippen LogP contribution in [-0.4, -0.2) is 24.7 Å². The largest absolute Gasteiger partial charge is 0.496 e. The molecule has 0 radical (unpaired) electrons. The summed E-state index contributed by atoms with van der Waals surface area (Å²) in [4.78, 5) is 11.5. The zero-order valence-corrected chi connectivity index (χ0v) is 11.7. The molecule has 4 nitrogen and oxygen atoms in total. The van der Waals surface area contributed by atoms with Crippen LogP contribution in [0.5, 0.6) is 5.75 Å². The maximum Gasteiger partial charge on any atom is 0.223 e. The molecule has 1 aromatic rings. The molecule has 2 N–H and O–H groups in total. The first-order chi connectivity index (χ1) is 8.61. The summed E-state index contributed by atoms with van der Waals surface area (Å²) in [5, 5.41) is 12.8. The summed E-state index contributed by atoms with van der Waals surface area (Å²) in [5.41, 5.74) is 0.669. The topological polar surface area (TPSA) is 58.6 Å². The van der Waals surface area contributed by atoms with Gasteiger partial charge in [0.1, 0.15) is 5.75 Å². The van der Waals surface area contributed by atoms with Crippen molar-refractivity contribution >= 4 is 21.8 Å². The molecule has 1 saturated carbocycles. The Kier molecular flexibility index (Phi) is 4.24. The fourth-order valence-electron chi connectivity index (χ4n) is 1.76. The van der Waals surface area contributed by atoms with Crippen molar-refractivity contribution in [3.8, 4) is 5.75 Å².